The van der Waals surface area contributed by atoms with Crippen molar-refractivity contribution in [3.63, 3.8) is 0 Å². The van der Waals surface area contributed by atoms with E-state index in [1.807, 2.05) is 31.2 Å². The number of allylic oxidation sites excluding steroid dienone is 1. The second kappa shape index (κ2) is 7.36. The zero-order valence-electron chi connectivity index (χ0n) is 17.6. The third kappa shape index (κ3) is 3.19. The van der Waals surface area contributed by atoms with E-state index >= 15 is 0 Å². The summed E-state index contributed by atoms with van der Waals surface area (Å²) in [4.78, 5) is 12.0. The van der Waals surface area contributed by atoms with Gasteiger partial charge in [-0.1, -0.05) is 19.1 Å². The molecule has 7 heteroatoms. The molecular formula is C23H28N2O5. The fraction of sp³-hybridized carbons (Fsp3) is 0.609. The summed E-state index contributed by atoms with van der Waals surface area (Å²) in [6, 6.07) is 7.17. The standard InChI is InChI=1S/C23H28N2O5/c1-4-21(2)14-23(29-9-10-30-23)8-7-19(21)20(25(26)27)13-22(15-24)12-16-11-17(28-3)5-6-18(16)22/h4-6,11,19-20H,1,7-10,12-14H2,2-3H3/t19-,20+,21+,22?/m1/s1. The van der Waals surface area contributed by atoms with Gasteiger partial charge in [0, 0.05) is 30.1 Å². The van der Waals surface area contributed by atoms with E-state index in [0.717, 1.165) is 16.9 Å². The number of fused-ring (bicyclic) bond motifs is 1. The predicted molar refractivity (Wildman–Crippen MR) is 110 cm³/mol. The Balaban J connectivity index is 1.62. The van der Waals surface area contributed by atoms with Crippen LogP contribution in [0.2, 0.25) is 0 Å². The topological polar surface area (TPSA) is 94.6 Å². The van der Waals surface area contributed by atoms with E-state index in [2.05, 4.69) is 12.6 Å². The average Bonchev–Trinajstić information content (AvgIpc) is 3.17. The molecule has 1 aromatic rings. The first kappa shape index (κ1) is 20.8. The molecule has 4 atom stereocenters. The number of hydrogen-bond acceptors (Lipinski definition) is 6. The summed E-state index contributed by atoms with van der Waals surface area (Å²) in [6.45, 7) is 7.10. The van der Waals surface area contributed by atoms with Crippen LogP contribution in [0.1, 0.15) is 43.7 Å². The van der Waals surface area contributed by atoms with E-state index in [-0.39, 0.29) is 17.3 Å². The van der Waals surface area contributed by atoms with Crippen molar-refractivity contribution in [2.45, 2.75) is 56.3 Å². The molecule has 1 heterocycles. The van der Waals surface area contributed by atoms with E-state index in [1.165, 1.54) is 0 Å². The van der Waals surface area contributed by atoms with E-state index in [9.17, 15) is 15.4 Å². The number of nitro groups is 1. The van der Waals surface area contributed by atoms with Gasteiger partial charge in [-0.05, 0) is 41.5 Å². The minimum atomic E-state index is -0.846. The van der Waals surface area contributed by atoms with E-state index in [4.69, 9.17) is 14.2 Å². The molecule has 0 radical (unpaired) electrons. The second-order valence-electron chi connectivity index (χ2n) is 9.09. The number of benzene rings is 1. The average molecular weight is 412 g/mol. The summed E-state index contributed by atoms with van der Waals surface area (Å²) in [6.07, 6.45) is 4.29. The van der Waals surface area contributed by atoms with Crippen molar-refractivity contribution in [1.29, 1.82) is 5.26 Å². The highest BCUT2D eigenvalue weighted by Crippen LogP contribution is 2.54. The van der Waals surface area contributed by atoms with Gasteiger partial charge in [-0.2, -0.15) is 5.26 Å². The fourth-order valence-electron chi connectivity index (χ4n) is 5.78. The van der Waals surface area contributed by atoms with Crippen LogP contribution >= 0.6 is 0 Å². The molecular weight excluding hydrogens is 384 g/mol. The number of nitrogens with zero attached hydrogens (tertiary/aromatic N) is 2. The van der Waals surface area contributed by atoms with Crippen molar-refractivity contribution >= 4 is 0 Å². The Morgan fingerprint density at radius 2 is 2.20 bits per heavy atom. The lowest BCUT2D eigenvalue weighted by Crippen LogP contribution is -2.52. The summed E-state index contributed by atoms with van der Waals surface area (Å²) in [7, 11) is 1.60. The Morgan fingerprint density at radius 1 is 1.47 bits per heavy atom. The molecule has 2 fully saturated rings. The van der Waals surface area contributed by atoms with Crippen molar-refractivity contribution in [2.24, 2.45) is 11.3 Å². The van der Waals surface area contributed by atoms with Crippen LogP contribution in [0.15, 0.2) is 30.9 Å². The van der Waals surface area contributed by atoms with Crippen molar-refractivity contribution in [3.05, 3.63) is 52.1 Å². The number of hydrogen-bond donors (Lipinski definition) is 0. The molecule has 1 saturated heterocycles. The third-order valence-electron chi connectivity index (χ3n) is 7.44. The first-order chi connectivity index (χ1) is 14.3. The van der Waals surface area contributed by atoms with Gasteiger partial charge in [-0.25, -0.2) is 0 Å². The second-order valence-corrected chi connectivity index (χ2v) is 9.09. The van der Waals surface area contributed by atoms with Gasteiger partial charge in [-0.3, -0.25) is 10.1 Å². The van der Waals surface area contributed by atoms with Gasteiger partial charge in [0.1, 0.15) is 5.75 Å². The van der Waals surface area contributed by atoms with Crippen LogP contribution in [0.4, 0.5) is 0 Å². The molecule has 1 saturated carbocycles. The van der Waals surface area contributed by atoms with Gasteiger partial charge in [0.25, 0.3) is 0 Å². The molecule has 160 valence electrons. The molecule has 0 N–H and O–H groups in total. The summed E-state index contributed by atoms with van der Waals surface area (Å²) in [5.41, 5.74) is 0.563. The maximum absolute atomic E-state index is 12.2. The smallest absolute Gasteiger partial charge is 0.218 e. The number of rotatable bonds is 6. The molecule has 0 amide bonds. The third-order valence-corrected chi connectivity index (χ3v) is 7.44. The Bertz CT molecular complexity index is 903. The van der Waals surface area contributed by atoms with Gasteiger partial charge in [-0.15, -0.1) is 6.58 Å². The maximum Gasteiger partial charge on any atom is 0.218 e. The lowest BCUT2D eigenvalue weighted by atomic mass is 9.57. The summed E-state index contributed by atoms with van der Waals surface area (Å²) < 4.78 is 17.0. The molecule has 1 spiro atoms. The molecule has 1 aliphatic heterocycles. The van der Waals surface area contributed by atoms with Crippen LogP contribution in [0, 0.1) is 32.8 Å². The Hall–Kier alpha value is -2.43. The van der Waals surface area contributed by atoms with E-state index < -0.39 is 22.7 Å². The SMILES string of the molecule is C=C[C@@]1(C)CC2(CC[C@@H]1[C@H](CC1(C#N)Cc3cc(OC)ccc31)[N+](=O)[O-])OCCO2. The molecule has 3 aliphatic rings. The van der Waals surface area contributed by atoms with Crippen LogP contribution < -0.4 is 4.74 Å². The summed E-state index contributed by atoms with van der Waals surface area (Å²) in [5.74, 6) is -0.164. The van der Waals surface area contributed by atoms with Crippen LogP contribution in [-0.4, -0.2) is 37.1 Å². The molecule has 7 nitrogen and oxygen atoms in total. The van der Waals surface area contributed by atoms with Crippen molar-refractivity contribution in [3.8, 4) is 11.8 Å². The molecule has 2 aliphatic carbocycles. The number of methoxy groups -OCH3 is 1. The van der Waals surface area contributed by atoms with Crippen LogP contribution in [0.25, 0.3) is 0 Å². The van der Waals surface area contributed by atoms with Crippen molar-refractivity contribution in [2.75, 3.05) is 20.3 Å². The van der Waals surface area contributed by atoms with Gasteiger partial charge in [0.15, 0.2) is 5.79 Å². The molecule has 0 bridgehead atoms. The Morgan fingerprint density at radius 3 is 2.77 bits per heavy atom. The molecule has 0 aromatic heterocycles. The van der Waals surface area contributed by atoms with Crippen LogP contribution in [0.5, 0.6) is 5.75 Å². The van der Waals surface area contributed by atoms with Gasteiger partial charge in [0.05, 0.1) is 31.8 Å². The lowest BCUT2D eigenvalue weighted by Gasteiger charge is -2.48. The minimum absolute atomic E-state index is 0.193. The number of ether oxygens (including phenoxy) is 3. The first-order valence-electron chi connectivity index (χ1n) is 10.4. The lowest BCUT2D eigenvalue weighted by molar-refractivity contribution is -0.540. The highest BCUT2D eigenvalue weighted by atomic mass is 16.7. The van der Waals surface area contributed by atoms with Crippen molar-refractivity contribution in [1.82, 2.24) is 0 Å². The quantitative estimate of drug-likeness (QED) is 0.401. The number of nitriles is 1. The monoisotopic (exact) mass is 412 g/mol. The van der Waals surface area contributed by atoms with Crippen LogP contribution in [-0.2, 0) is 21.3 Å². The fourth-order valence-corrected chi connectivity index (χ4v) is 5.78. The highest BCUT2D eigenvalue weighted by molar-refractivity contribution is 5.53. The normalized spacial score (nSPS) is 32.5. The minimum Gasteiger partial charge on any atom is -0.497 e. The first-order valence-corrected chi connectivity index (χ1v) is 10.4. The van der Waals surface area contributed by atoms with E-state index in [0.29, 0.717) is 38.9 Å². The summed E-state index contributed by atoms with van der Waals surface area (Å²) in [5, 5.41) is 22.3. The largest absolute Gasteiger partial charge is 0.497 e. The van der Waals surface area contributed by atoms with Crippen LogP contribution in [0.3, 0.4) is 0 Å². The molecule has 1 aromatic carbocycles. The summed E-state index contributed by atoms with van der Waals surface area (Å²) >= 11 is 0. The Labute approximate surface area is 176 Å². The van der Waals surface area contributed by atoms with Gasteiger partial charge >= 0.3 is 0 Å². The van der Waals surface area contributed by atoms with Gasteiger partial charge in [0.2, 0.25) is 6.04 Å². The highest BCUT2D eigenvalue weighted by Gasteiger charge is 2.57. The zero-order chi connectivity index (χ0) is 21.6. The molecule has 30 heavy (non-hydrogen) atoms. The van der Waals surface area contributed by atoms with E-state index in [1.54, 1.807) is 7.11 Å². The van der Waals surface area contributed by atoms with Crippen molar-refractivity contribution < 1.29 is 19.1 Å². The predicted octanol–water partition coefficient (Wildman–Crippen LogP) is 3.78. The molecule has 4 rings (SSSR count). The zero-order valence-corrected chi connectivity index (χ0v) is 17.6. The maximum atomic E-state index is 12.2. The Kier molecular flexibility index (Phi) is 5.11. The van der Waals surface area contributed by atoms with Gasteiger partial charge < -0.3 is 14.2 Å². The molecule has 1 unspecified atom stereocenters.